The molecular formula is C8H8IN3O. The van der Waals surface area contributed by atoms with Crippen molar-refractivity contribution in [2.45, 2.75) is 0 Å². The Morgan fingerprint density at radius 1 is 1.77 bits per heavy atom. The van der Waals surface area contributed by atoms with E-state index >= 15 is 0 Å². The minimum atomic E-state index is -0.262. The lowest BCUT2D eigenvalue weighted by atomic mass is 10.4. The average molecular weight is 289 g/mol. The summed E-state index contributed by atoms with van der Waals surface area (Å²) in [5.41, 5.74) is 6.11. The van der Waals surface area contributed by atoms with E-state index in [1.54, 1.807) is 6.07 Å². The lowest BCUT2D eigenvalue weighted by molar-refractivity contribution is -0.111. The zero-order valence-corrected chi connectivity index (χ0v) is 8.91. The molecule has 1 aromatic heterocycles. The monoisotopic (exact) mass is 289 g/mol. The number of hydrogen-bond acceptors (Lipinski definition) is 3. The van der Waals surface area contributed by atoms with Gasteiger partial charge in [0.25, 0.3) is 0 Å². The molecule has 0 aromatic carbocycles. The molecule has 0 aliphatic heterocycles. The molecule has 5 heteroatoms. The SMILES string of the molecule is C=CC(=O)Nc1cnc(N)c(I)c1. The molecule has 0 spiro atoms. The molecule has 0 bridgehead atoms. The molecule has 0 radical (unpaired) electrons. The standard InChI is InChI=1S/C8H8IN3O/c1-2-7(13)12-5-3-6(9)8(10)11-4-5/h2-4H,1H2,(H2,10,11)(H,12,13). The third kappa shape index (κ3) is 2.69. The van der Waals surface area contributed by atoms with Crippen molar-refractivity contribution < 1.29 is 4.79 Å². The molecule has 0 aliphatic carbocycles. The maximum absolute atomic E-state index is 10.9. The van der Waals surface area contributed by atoms with Gasteiger partial charge in [-0.25, -0.2) is 4.98 Å². The minimum absolute atomic E-state index is 0.262. The van der Waals surface area contributed by atoms with Gasteiger partial charge in [-0.05, 0) is 34.7 Å². The highest BCUT2D eigenvalue weighted by Crippen LogP contribution is 2.16. The molecule has 0 unspecified atom stereocenters. The summed E-state index contributed by atoms with van der Waals surface area (Å²) in [7, 11) is 0. The zero-order chi connectivity index (χ0) is 9.84. The topological polar surface area (TPSA) is 68.0 Å². The maximum atomic E-state index is 10.9. The molecule has 68 valence electrons. The van der Waals surface area contributed by atoms with E-state index in [4.69, 9.17) is 5.73 Å². The van der Waals surface area contributed by atoms with Crippen LogP contribution < -0.4 is 11.1 Å². The first-order valence-corrected chi connectivity index (χ1v) is 4.56. The van der Waals surface area contributed by atoms with Crippen molar-refractivity contribution in [2.75, 3.05) is 11.1 Å². The summed E-state index contributed by atoms with van der Waals surface area (Å²) in [6.45, 7) is 3.34. The number of nitrogens with two attached hydrogens (primary N) is 1. The van der Waals surface area contributed by atoms with Gasteiger partial charge >= 0.3 is 0 Å². The number of rotatable bonds is 2. The van der Waals surface area contributed by atoms with Crippen molar-refractivity contribution in [2.24, 2.45) is 0 Å². The number of pyridine rings is 1. The summed E-state index contributed by atoms with van der Waals surface area (Å²) in [5.74, 6) is 0.194. The van der Waals surface area contributed by atoms with E-state index in [0.29, 0.717) is 11.5 Å². The molecule has 0 fully saturated rings. The maximum Gasteiger partial charge on any atom is 0.247 e. The van der Waals surface area contributed by atoms with Gasteiger partial charge in [0.2, 0.25) is 5.91 Å². The second-order valence-corrected chi connectivity index (χ2v) is 3.45. The molecule has 1 amide bonds. The third-order valence-electron chi connectivity index (χ3n) is 1.32. The second-order valence-electron chi connectivity index (χ2n) is 2.28. The number of nitrogens with zero attached hydrogens (tertiary/aromatic N) is 1. The first kappa shape index (κ1) is 9.97. The quantitative estimate of drug-likeness (QED) is 0.638. The Labute approximate surface area is 89.4 Å². The lowest BCUT2D eigenvalue weighted by Gasteiger charge is -2.02. The van der Waals surface area contributed by atoms with Crippen LogP contribution in [0, 0.1) is 3.57 Å². The number of nitrogens with one attached hydrogen (secondary N) is 1. The second kappa shape index (κ2) is 4.22. The van der Waals surface area contributed by atoms with Gasteiger partial charge < -0.3 is 11.1 Å². The molecule has 1 aromatic rings. The smallest absolute Gasteiger partial charge is 0.247 e. The van der Waals surface area contributed by atoms with Gasteiger partial charge in [0, 0.05) is 0 Å². The number of anilines is 2. The highest BCUT2D eigenvalue weighted by Gasteiger charge is 2.00. The fraction of sp³-hybridized carbons (Fsp3) is 0. The minimum Gasteiger partial charge on any atom is -0.383 e. The van der Waals surface area contributed by atoms with Crippen molar-refractivity contribution in [3.8, 4) is 0 Å². The van der Waals surface area contributed by atoms with Crippen LogP contribution in [-0.4, -0.2) is 10.9 Å². The Morgan fingerprint density at radius 3 is 3.00 bits per heavy atom. The number of carbonyl (C=O) groups excluding carboxylic acids is 1. The number of nitrogen functional groups attached to an aromatic ring is 1. The van der Waals surface area contributed by atoms with Crippen LogP contribution in [0.3, 0.4) is 0 Å². The van der Waals surface area contributed by atoms with Gasteiger partial charge in [-0.1, -0.05) is 6.58 Å². The summed E-state index contributed by atoms with van der Waals surface area (Å²) in [5, 5.41) is 2.58. The third-order valence-corrected chi connectivity index (χ3v) is 2.19. The Bertz CT molecular complexity index is 351. The van der Waals surface area contributed by atoms with Crippen LogP contribution >= 0.6 is 22.6 Å². The number of carbonyl (C=O) groups is 1. The van der Waals surface area contributed by atoms with Gasteiger partial charge in [0.05, 0.1) is 15.5 Å². The molecular weight excluding hydrogens is 281 g/mol. The van der Waals surface area contributed by atoms with E-state index in [-0.39, 0.29) is 5.91 Å². The van der Waals surface area contributed by atoms with E-state index in [2.05, 4.69) is 16.9 Å². The van der Waals surface area contributed by atoms with Gasteiger partial charge in [0.15, 0.2) is 0 Å². The van der Waals surface area contributed by atoms with E-state index in [9.17, 15) is 4.79 Å². The summed E-state index contributed by atoms with van der Waals surface area (Å²) < 4.78 is 0.805. The van der Waals surface area contributed by atoms with E-state index in [1.807, 2.05) is 22.6 Å². The average Bonchev–Trinajstić information content (AvgIpc) is 2.11. The van der Waals surface area contributed by atoms with Crippen molar-refractivity contribution >= 4 is 40.0 Å². The van der Waals surface area contributed by atoms with Crippen LogP contribution in [0.15, 0.2) is 24.9 Å². The predicted molar refractivity (Wildman–Crippen MR) is 60.2 cm³/mol. The van der Waals surface area contributed by atoms with Crippen LogP contribution in [0.5, 0.6) is 0 Å². The molecule has 1 rings (SSSR count). The number of amides is 1. The van der Waals surface area contributed by atoms with Crippen LogP contribution in [0.2, 0.25) is 0 Å². The Morgan fingerprint density at radius 2 is 2.46 bits per heavy atom. The molecule has 0 atom stereocenters. The van der Waals surface area contributed by atoms with Crippen molar-refractivity contribution in [1.29, 1.82) is 0 Å². The van der Waals surface area contributed by atoms with Crippen molar-refractivity contribution in [3.05, 3.63) is 28.5 Å². The Hall–Kier alpha value is -1.11. The molecule has 4 nitrogen and oxygen atoms in total. The van der Waals surface area contributed by atoms with E-state index < -0.39 is 0 Å². The summed E-state index contributed by atoms with van der Waals surface area (Å²) in [6.07, 6.45) is 2.70. The number of hydrogen-bond donors (Lipinski definition) is 2. The molecule has 13 heavy (non-hydrogen) atoms. The summed E-state index contributed by atoms with van der Waals surface area (Å²) in [4.78, 5) is 14.8. The first-order chi connectivity index (χ1) is 6.13. The molecule has 0 saturated carbocycles. The normalized spacial score (nSPS) is 9.31. The summed E-state index contributed by atoms with van der Waals surface area (Å²) in [6, 6.07) is 1.74. The molecule has 0 aliphatic rings. The highest BCUT2D eigenvalue weighted by atomic mass is 127. The highest BCUT2D eigenvalue weighted by molar-refractivity contribution is 14.1. The Balaban J connectivity index is 2.85. The Kier molecular flexibility index (Phi) is 3.24. The fourth-order valence-electron chi connectivity index (χ4n) is 0.710. The first-order valence-electron chi connectivity index (χ1n) is 3.48. The van der Waals surface area contributed by atoms with Crippen molar-refractivity contribution in [3.63, 3.8) is 0 Å². The fourth-order valence-corrected chi connectivity index (χ4v) is 1.18. The number of halogens is 1. The van der Waals surface area contributed by atoms with Crippen LogP contribution in [-0.2, 0) is 4.79 Å². The van der Waals surface area contributed by atoms with Crippen molar-refractivity contribution in [1.82, 2.24) is 4.98 Å². The van der Waals surface area contributed by atoms with Gasteiger partial charge in [0.1, 0.15) is 5.82 Å². The summed E-state index contributed by atoms with van der Waals surface area (Å²) >= 11 is 2.04. The van der Waals surface area contributed by atoms with E-state index in [1.165, 1.54) is 12.3 Å². The van der Waals surface area contributed by atoms with Crippen LogP contribution in [0.4, 0.5) is 11.5 Å². The van der Waals surface area contributed by atoms with Crippen LogP contribution in [0.1, 0.15) is 0 Å². The van der Waals surface area contributed by atoms with Gasteiger partial charge in [-0.3, -0.25) is 4.79 Å². The number of aromatic nitrogens is 1. The van der Waals surface area contributed by atoms with Gasteiger partial charge in [-0.15, -0.1) is 0 Å². The predicted octanol–water partition coefficient (Wildman–Crippen LogP) is 1.39. The zero-order valence-electron chi connectivity index (χ0n) is 6.75. The van der Waals surface area contributed by atoms with E-state index in [0.717, 1.165) is 3.57 Å². The molecule has 0 saturated heterocycles. The largest absolute Gasteiger partial charge is 0.383 e. The molecule has 3 N–H and O–H groups in total. The molecule has 1 heterocycles. The van der Waals surface area contributed by atoms with Crippen LogP contribution in [0.25, 0.3) is 0 Å². The lowest BCUT2D eigenvalue weighted by Crippen LogP contribution is -2.08. The van der Waals surface area contributed by atoms with Gasteiger partial charge in [-0.2, -0.15) is 0 Å².